The number of hydrogen-bond donors (Lipinski definition) is 1. The van der Waals surface area contributed by atoms with Gasteiger partial charge in [-0.25, -0.2) is 0 Å². The topological polar surface area (TPSA) is 20.2 Å². The molecule has 4 saturated carbocycles. The predicted octanol–water partition coefficient (Wildman–Crippen LogP) is 1.93. The van der Waals surface area contributed by atoms with Gasteiger partial charge in [0.1, 0.15) is 0 Å². The van der Waals surface area contributed by atoms with Crippen LogP contribution in [0.4, 0.5) is 0 Å². The molecule has 4 rings (SSSR count). The second-order valence-electron chi connectivity index (χ2n) is 4.62. The van der Waals surface area contributed by atoms with Crippen molar-refractivity contribution in [2.24, 2.45) is 17.8 Å². The average molecular weight is 217 g/mol. The van der Waals surface area contributed by atoms with Gasteiger partial charge in [-0.2, -0.15) is 0 Å². The molecule has 1 N–H and O–H groups in total. The van der Waals surface area contributed by atoms with E-state index in [1.165, 1.54) is 25.7 Å². The van der Waals surface area contributed by atoms with Crippen molar-refractivity contribution >= 4 is 15.9 Å². The third-order valence-electron chi connectivity index (χ3n) is 4.08. The lowest BCUT2D eigenvalue weighted by molar-refractivity contribution is 0.0217. The van der Waals surface area contributed by atoms with Gasteiger partial charge in [0, 0.05) is 4.32 Å². The van der Waals surface area contributed by atoms with Crippen molar-refractivity contribution in [1.29, 1.82) is 0 Å². The Kier molecular flexibility index (Phi) is 1.16. The van der Waals surface area contributed by atoms with Crippen LogP contribution >= 0.6 is 15.9 Å². The lowest BCUT2D eigenvalue weighted by Gasteiger charge is -2.32. The largest absolute Gasteiger partial charge is 0.393 e. The Balaban J connectivity index is 2.02. The molecule has 4 aliphatic rings. The summed E-state index contributed by atoms with van der Waals surface area (Å²) in [6.07, 6.45) is 5.07. The molecule has 62 valence electrons. The minimum atomic E-state index is 0.0411. The van der Waals surface area contributed by atoms with Crippen molar-refractivity contribution < 1.29 is 5.11 Å². The lowest BCUT2D eigenvalue weighted by Crippen LogP contribution is -2.34. The van der Waals surface area contributed by atoms with Crippen LogP contribution in [0.1, 0.15) is 25.7 Å². The van der Waals surface area contributed by atoms with Crippen molar-refractivity contribution in [1.82, 2.24) is 0 Å². The van der Waals surface area contributed by atoms with Gasteiger partial charge in [-0.3, -0.25) is 0 Å². The molecular formula is C9H13BrO. The van der Waals surface area contributed by atoms with Gasteiger partial charge in [0.25, 0.3) is 0 Å². The van der Waals surface area contributed by atoms with Crippen LogP contribution in [0.15, 0.2) is 0 Å². The number of rotatable bonds is 0. The summed E-state index contributed by atoms with van der Waals surface area (Å²) in [6.45, 7) is 0. The highest BCUT2D eigenvalue weighted by molar-refractivity contribution is 9.10. The average Bonchev–Trinajstić information content (AvgIpc) is 2.31. The standard InChI is InChI=1S/C9H13BrO/c10-9-3-5-1-7(9)2-6(4-9)8(5)11/h5-8,11H,1-4H2. The zero-order valence-corrected chi connectivity index (χ0v) is 8.05. The van der Waals surface area contributed by atoms with Crippen molar-refractivity contribution in [2.75, 3.05) is 0 Å². The Morgan fingerprint density at radius 2 is 1.73 bits per heavy atom. The number of halogens is 1. The Labute approximate surface area is 75.3 Å². The SMILES string of the molecule is OC1C2CC3CC1CC3(Br)C2. The molecule has 2 heteroatoms. The third kappa shape index (κ3) is 0.707. The normalized spacial score (nSPS) is 66.0. The van der Waals surface area contributed by atoms with E-state index in [4.69, 9.17) is 0 Å². The van der Waals surface area contributed by atoms with Gasteiger partial charge in [-0.1, -0.05) is 15.9 Å². The van der Waals surface area contributed by atoms with Crippen LogP contribution in [0.5, 0.6) is 0 Å². The molecular weight excluding hydrogens is 204 g/mol. The molecule has 0 aromatic carbocycles. The smallest absolute Gasteiger partial charge is 0.0597 e. The highest BCUT2D eigenvalue weighted by Crippen LogP contribution is 2.64. The number of hydrogen-bond acceptors (Lipinski definition) is 1. The first kappa shape index (κ1) is 6.90. The minimum Gasteiger partial charge on any atom is -0.393 e. The molecule has 0 saturated heterocycles. The number of aliphatic hydroxyl groups excluding tert-OH is 1. The summed E-state index contributed by atoms with van der Waals surface area (Å²) in [7, 11) is 0. The van der Waals surface area contributed by atoms with Crippen LogP contribution < -0.4 is 0 Å². The molecule has 0 spiro atoms. The molecule has 2 unspecified atom stereocenters. The van der Waals surface area contributed by atoms with Crippen LogP contribution in [0.2, 0.25) is 0 Å². The summed E-state index contributed by atoms with van der Waals surface area (Å²) in [6, 6.07) is 0. The fraction of sp³-hybridized carbons (Fsp3) is 1.00. The second kappa shape index (κ2) is 1.85. The fourth-order valence-electron chi connectivity index (χ4n) is 3.61. The van der Waals surface area contributed by atoms with E-state index in [0.717, 1.165) is 5.92 Å². The van der Waals surface area contributed by atoms with Crippen LogP contribution in [0.25, 0.3) is 0 Å². The highest BCUT2D eigenvalue weighted by Gasteiger charge is 2.60. The predicted molar refractivity (Wildman–Crippen MR) is 46.6 cm³/mol. The molecule has 11 heavy (non-hydrogen) atoms. The van der Waals surface area contributed by atoms with E-state index in [2.05, 4.69) is 15.9 Å². The maximum Gasteiger partial charge on any atom is 0.0597 e. The molecule has 4 bridgehead atoms. The highest BCUT2D eigenvalue weighted by atomic mass is 79.9. The van der Waals surface area contributed by atoms with Crippen molar-refractivity contribution in [3.8, 4) is 0 Å². The first-order valence-electron chi connectivity index (χ1n) is 4.56. The van der Waals surface area contributed by atoms with Gasteiger partial charge < -0.3 is 5.11 Å². The molecule has 0 heterocycles. The monoisotopic (exact) mass is 216 g/mol. The summed E-state index contributed by atoms with van der Waals surface area (Å²) in [5.41, 5.74) is 0. The molecule has 0 radical (unpaired) electrons. The lowest BCUT2D eigenvalue weighted by atomic mass is 9.79. The second-order valence-corrected chi connectivity index (χ2v) is 6.20. The van der Waals surface area contributed by atoms with Gasteiger partial charge in [0.15, 0.2) is 0 Å². The third-order valence-corrected chi connectivity index (χ3v) is 5.37. The van der Waals surface area contributed by atoms with E-state index in [-0.39, 0.29) is 6.10 Å². The zero-order chi connectivity index (χ0) is 7.64. The Bertz CT molecular complexity index is 188. The van der Waals surface area contributed by atoms with Gasteiger partial charge >= 0.3 is 0 Å². The van der Waals surface area contributed by atoms with Gasteiger partial charge in [-0.15, -0.1) is 0 Å². The Morgan fingerprint density at radius 3 is 2.18 bits per heavy atom. The summed E-state index contributed by atoms with van der Waals surface area (Å²) in [5.74, 6) is 2.15. The van der Waals surface area contributed by atoms with Crippen LogP contribution in [0.3, 0.4) is 0 Å². The molecule has 1 nitrogen and oxygen atoms in total. The molecule has 2 atom stereocenters. The molecule has 4 fully saturated rings. The quantitative estimate of drug-likeness (QED) is 0.614. The zero-order valence-electron chi connectivity index (χ0n) is 6.46. The maximum absolute atomic E-state index is 9.80. The van der Waals surface area contributed by atoms with Crippen molar-refractivity contribution in [2.45, 2.75) is 36.1 Å². The minimum absolute atomic E-state index is 0.0411. The summed E-state index contributed by atoms with van der Waals surface area (Å²) >= 11 is 3.86. The summed E-state index contributed by atoms with van der Waals surface area (Å²) in [5, 5.41) is 9.80. The first-order chi connectivity index (χ1) is 5.19. The van der Waals surface area contributed by atoms with Gasteiger partial charge in [-0.05, 0) is 43.4 Å². The van der Waals surface area contributed by atoms with Crippen LogP contribution in [-0.4, -0.2) is 15.5 Å². The Hall–Kier alpha value is 0.440. The van der Waals surface area contributed by atoms with Gasteiger partial charge in [0.2, 0.25) is 0 Å². The van der Waals surface area contributed by atoms with E-state index < -0.39 is 0 Å². The summed E-state index contributed by atoms with van der Waals surface area (Å²) < 4.78 is 0.460. The number of alkyl halides is 1. The molecule has 4 aliphatic carbocycles. The molecule has 0 amide bonds. The fourth-order valence-corrected chi connectivity index (χ4v) is 4.82. The maximum atomic E-state index is 9.80. The molecule has 0 aliphatic heterocycles. The molecule has 0 aromatic heterocycles. The van der Waals surface area contributed by atoms with Crippen molar-refractivity contribution in [3.05, 3.63) is 0 Å². The summed E-state index contributed by atoms with van der Waals surface area (Å²) in [4.78, 5) is 0. The first-order valence-corrected chi connectivity index (χ1v) is 5.35. The Morgan fingerprint density at radius 1 is 1.18 bits per heavy atom. The van der Waals surface area contributed by atoms with Crippen LogP contribution in [-0.2, 0) is 0 Å². The van der Waals surface area contributed by atoms with Crippen molar-refractivity contribution in [3.63, 3.8) is 0 Å². The van der Waals surface area contributed by atoms with Gasteiger partial charge in [0.05, 0.1) is 6.10 Å². The van der Waals surface area contributed by atoms with E-state index in [0.29, 0.717) is 16.2 Å². The van der Waals surface area contributed by atoms with E-state index in [9.17, 15) is 5.11 Å². The van der Waals surface area contributed by atoms with E-state index in [1.54, 1.807) is 0 Å². The molecule has 0 aromatic rings. The number of aliphatic hydroxyl groups is 1. The van der Waals surface area contributed by atoms with Crippen LogP contribution in [0, 0.1) is 17.8 Å². The van der Waals surface area contributed by atoms with E-state index >= 15 is 0 Å². The van der Waals surface area contributed by atoms with E-state index in [1.807, 2.05) is 0 Å².